The highest BCUT2D eigenvalue weighted by molar-refractivity contribution is 5.82. The van der Waals surface area contributed by atoms with Crippen molar-refractivity contribution >= 4 is 11.7 Å². The molecule has 0 bridgehead atoms. The van der Waals surface area contributed by atoms with E-state index in [-0.39, 0.29) is 11.1 Å². The maximum absolute atomic E-state index is 14.1. The number of rotatable bonds is 5. The summed E-state index contributed by atoms with van der Waals surface area (Å²) >= 11 is 0. The second-order valence-corrected chi connectivity index (χ2v) is 4.70. The lowest BCUT2D eigenvalue weighted by Gasteiger charge is -2.04. The number of hydrogen-bond acceptors (Lipinski definition) is 0. The number of halogens is 2. The molecule has 0 unspecified atom stereocenters. The molecule has 0 saturated heterocycles. The zero-order chi connectivity index (χ0) is 14.4. The van der Waals surface area contributed by atoms with Crippen molar-refractivity contribution in [1.82, 2.24) is 0 Å². The first-order valence-corrected chi connectivity index (χ1v) is 6.84. The van der Waals surface area contributed by atoms with Crippen molar-refractivity contribution in [2.75, 3.05) is 0 Å². The van der Waals surface area contributed by atoms with Gasteiger partial charge in [0.15, 0.2) is 11.7 Å². The van der Waals surface area contributed by atoms with E-state index >= 15 is 0 Å². The first kappa shape index (κ1) is 14.4. The lowest BCUT2D eigenvalue weighted by molar-refractivity contribution is 0.700. The van der Waals surface area contributed by atoms with E-state index in [9.17, 15) is 8.78 Å². The minimum atomic E-state index is -0.869. The lowest BCUT2D eigenvalue weighted by Crippen LogP contribution is -1.87. The zero-order valence-electron chi connectivity index (χ0n) is 11.5. The Morgan fingerprint density at radius 1 is 1.00 bits per heavy atom. The van der Waals surface area contributed by atoms with Gasteiger partial charge in [-0.3, -0.25) is 0 Å². The molecule has 0 fully saturated rings. The molecule has 20 heavy (non-hydrogen) atoms. The van der Waals surface area contributed by atoms with Gasteiger partial charge in [0.25, 0.3) is 0 Å². The number of aryl methyl sites for hydroxylation is 1. The summed E-state index contributed by atoms with van der Waals surface area (Å²) in [7, 11) is 0. The van der Waals surface area contributed by atoms with E-state index in [1.165, 1.54) is 6.07 Å². The minimum absolute atomic E-state index is 0.139. The van der Waals surface area contributed by atoms with Crippen molar-refractivity contribution in [2.24, 2.45) is 0 Å². The summed E-state index contributed by atoms with van der Waals surface area (Å²) in [5.74, 6) is -1.71. The van der Waals surface area contributed by atoms with E-state index in [0.29, 0.717) is 0 Å². The van der Waals surface area contributed by atoms with Crippen LogP contribution in [0.3, 0.4) is 0 Å². The van der Waals surface area contributed by atoms with Crippen LogP contribution in [0.2, 0.25) is 0 Å². The summed E-state index contributed by atoms with van der Waals surface area (Å²) in [5.41, 5.74) is 1.55. The van der Waals surface area contributed by atoms with Crippen LogP contribution in [0.1, 0.15) is 36.5 Å². The summed E-state index contributed by atoms with van der Waals surface area (Å²) in [5, 5.41) is 0. The molecule has 2 heteroatoms. The maximum atomic E-state index is 14.1. The molecule has 2 rings (SSSR count). The summed E-state index contributed by atoms with van der Waals surface area (Å²) in [6.07, 6.45) is 3.19. The largest absolute Gasteiger partial charge is 0.203 e. The molecular weight excluding hydrogens is 254 g/mol. The molecule has 2 aromatic rings. The number of hydrogen-bond donors (Lipinski definition) is 0. The van der Waals surface area contributed by atoms with Gasteiger partial charge in [-0.05, 0) is 24.5 Å². The minimum Gasteiger partial charge on any atom is -0.203 e. The Morgan fingerprint density at radius 2 is 1.75 bits per heavy atom. The first-order chi connectivity index (χ1) is 9.72. The SMILES string of the molecule is CCCCc1ccc(/C(F)=C(\F)c2[c]cccc2)cc1. The Balaban J connectivity index is 2.22. The molecule has 0 aliphatic heterocycles. The van der Waals surface area contributed by atoms with Gasteiger partial charge in [0.05, 0.1) is 0 Å². The molecule has 1 radical (unpaired) electrons. The fourth-order valence-corrected chi connectivity index (χ4v) is 1.97. The fraction of sp³-hybridized carbons (Fsp3) is 0.222. The predicted octanol–water partition coefficient (Wildman–Crippen LogP) is 5.59. The highest BCUT2D eigenvalue weighted by Gasteiger charge is 2.11. The standard InChI is InChI=1S/C18H17F2/c1-2-3-7-14-10-12-16(13-11-14)18(20)17(19)15-8-5-4-6-9-15/h4-6,8,10-13H,2-3,7H2,1H3/b18-17+. The van der Waals surface area contributed by atoms with Gasteiger partial charge in [-0.15, -0.1) is 0 Å². The van der Waals surface area contributed by atoms with Gasteiger partial charge in [-0.1, -0.05) is 61.9 Å². The molecule has 2 aromatic carbocycles. The van der Waals surface area contributed by atoms with Crippen LogP contribution in [0.5, 0.6) is 0 Å². The van der Waals surface area contributed by atoms with Crippen LogP contribution in [-0.4, -0.2) is 0 Å². The molecule has 0 N–H and O–H groups in total. The Labute approximate surface area is 118 Å². The van der Waals surface area contributed by atoms with Gasteiger partial charge in [0.1, 0.15) is 0 Å². The molecule has 0 amide bonds. The van der Waals surface area contributed by atoms with Crippen LogP contribution < -0.4 is 0 Å². The average molecular weight is 271 g/mol. The third-order valence-electron chi connectivity index (χ3n) is 3.16. The fourth-order valence-electron chi connectivity index (χ4n) is 1.97. The highest BCUT2D eigenvalue weighted by atomic mass is 19.2. The van der Waals surface area contributed by atoms with Crippen LogP contribution in [0, 0.1) is 6.07 Å². The van der Waals surface area contributed by atoms with Gasteiger partial charge in [0.2, 0.25) is 0 Å². The van der Waals surface area contributed by atoms with E-state index < -0.39 is 11.7 Å². The second kappa shape index (κ2) is 6.99. The first-order valence-electron chi connectivity index (χ1n) is 6.84. The van der Waals surface area contributed by atoms with E-state index in [2.05, 4.69) is 13.0 Å². The monoisotopic (exact) mass is 271 g/mol. The molecule has 0 aliphatic carbocycles. The lowest BCUT2D eigenvalue weighted by atomic mass is 10.0. The normalized spacial score (nSPS) is 12.2. The van der Waals surface area contributed by atoms with E-state index in [4.69, 9.17) is 0 Å². The van der Waals surface area contributed by atoms with Gasteiger partial charge < -0.3 is 0 Å². The van der Waals surface area contributed by atoms with Gasteiger partial charge in [-0.25, -0.2) is 8.78 Å². The quantitative estimate of drug-likeness (QED) is 0.621. The number of unbranched alkanes of at least 4 members (excludes halogenated alkanes) is 1. The Bertz CT molecular complexity index is 568. The third-order valence-corrected chi connectivity index (χ3v) is 3.16. The van der Waals surface area contributed by atoms with Crippen molar-refractivity contribution < 1.29 is 8.78 Å². The molecule has 0 atom stereocenters. The summed E-state index contributed by atoms with van der Waals surface area (Å²) in [6.45, 7) is 2.13. The molecule has 0 aromatic heterocycles. The molecule has 0 saturated carbocycles. The zero-order valence-corrected chi connectivity index (χ0v) is 11.5. The summed E-state index contributed by atoms with van der Waals surface area (Å²) < 4.78 is 28.1. The third kappa shape index (κ3) is 3.53. The highest BCUT2D eigenvalue weighted by Crippen LogP contribution is 2.28. The van der Waals surface area contributed by atoms with Crippen molar-refractivity contribution in [3.05, 3.63) is 71.3 Å². The van der Waals surface area contributed by atoms with E-state index in [0.717, 1.165) is 24.8 Å². The van der Waals surface area contributed by atoms with Crippen molar-refractivity contribution in [1.29, 1.82) is 0 Å². The van der Waals surface area contributed by atoms with Crippen molar-refractivity contribution in [3.8, 4) is 0 Å². The molecule has 0 aliphatic rings. The smallest absolute Gasteiger partial charge is 0.167 e. The summed E-state index contributed by atoms with van der Waals surface area (Å²) in [4.78, 5) is 0. The molecule has 0 heterocycles. The molecule has 0 spiro atoms. The van der Waals surface area contributed by atoms with Crippen LogP contribution in [0.25, 0.3) is 11.7 Å². The van der Waals surface area contributed by atoms with Gasteiger partial charge in [0, 0.05) is 11.1 Å². The second-order valence-electron chi connectivity index (χ2n) is 4.70. The predicted molar refractivity (Wildman–Crippen MR) is 79.4 cm³/mol. The van der Waals surface area contributed by atoms with Crippen molar-refractivity contribution in [3.63, 3.8) is 0 Å². The molecule has 103 valence electrons. The summed E-state index contributed by atoms with van der Waals surface area (Å²) in [6, 6.07) is 16.1. The van der Waals surface area contributed by atoms with Crippen LogP contribution in [0.15, 0.2) is 48.5 Å². The number of benzene rings is 2. The van der Waals surface area contributed by atoms with E-state index in [1.54, 1.807) is 30.3 Å². The average Bonchev–Trinajstić information content (AvgIpc) is 2.53. The van der Waals surface area contributed by atoms with Gasteiger partial charge >= 0.3 is 0 Å². The molecular formula is C18H17F2. The molecule has 0 nitrogen and oxygen atoms in total. The Hall–Kier alpha value is -1.96. The van der Waals surface area contributed by atoms with Gasteiger partial charge in [-0.2, -0.15) is 0 Å². The Kier molecular flexibility index (Phi) is 5.05. The van der Waals surface area contributed by atoms with E-state index in [1.807, 2.05) is 12.1 Å². The van der Waals surface area contributed by atoms with Crippen molar-refractivity contribution in [2.45, 2.75) is 26.2 Å². The maximum Gasteiger partial charge on any atom is 0.167 e. The topological polar surface area (TPSA) is 0 Å². The van der Waals surface area contributed by atoms with Crippen LogP contribution in [-0.2, 0) is 6.42 Å². The Morgan fingerprint density at radius 3 is 2.35 bits per heavy atom. The van der Waals surface area contributed by atoms with Crippen LogP contribution in [0.4, 0.5) is 8.78 Å². The van der Waals surface area contributed by atoms with Crippen LogP contribution >= 0.6 is 0 Å².